The molecule has 0 aliphatic carbocycles. The molecular formula is C30H25FN2O4. The number of H-pyrrole nitrogens is 1. The number of aromatic amines is 1. The van der Waals surface area contributed by atoms with Gasteiger partial charge in [0, 0.05) is 23.3 Å². The molecule has 7 heteroatoms. The third kappa shape index (κ3) is 6.46. The van der Waals surface area contributed by atoms with Crippen molar-refractivity contribution in [2.45, 2.75) is 20.0 Å². The summed E-state index contributed by atoms with van der Waals surface area (Å²) in [6.45, 7) is 3.58. The average molecular weight is 497 g/mol. The van der Waals surface area contributed by atoms with E-state index in [1.54, 1.807) is 50.3 Å². The molecule has 186 valence electrons. The highest BCUT2D eigenvalue weighted by Gasteiger charge is 2.17. The van der Waals surface area contributed by atoms with Gasteiger partial charge in [-0.2, -0.15) is 0 Å². The van der Waals surface area contributed by atoms with Gasteiger partial charge in [0.15, 0.2) is 0 Å². The maximum atomic E-state index is 14.5. The van der Waals surface area contributed by atoms with Gasteiger partial charge in [-0.05, 0) is 49.3 Å². The number of esters is 1. The monoisotopic (exact) mass is 496 g/mol. The number of nitrogens with zero attached hydrogens (tertiary/aromatic N) is 1. The quantitative estimate of drug-likeness (QED) is 0.211. The summed E-state index contributed by atoms with van der Waals surface area (Å²) < 4.78 is 19.7. The van der Waals surface area contributed by atoms with Crippen molar-refractivity contribution in [2.24, 2.45) is 0 Å². The minimum atomic E-state index is -1.02. The van der Waals surface area contributed by atoms with Gasteiger partial charge >= 0.3 is 11.9 Å². The average Bonchev–Trinajstić information content (AvgIpc) is 3.32. The van der Waals surface area contributed by atoms with Gasteiger partial charge in [0.1, 0.15) is 11.6 Å². The normalized spacial score (nSPS) is 11.5. The van der Waals surface area contributed by atoms with Gasteiger partial charge in [0.25, 0.3) is 0 Å². The maximum Gasteiger partial charge on any atom is 0.331 e. The van der Waals surface area contributed by atoms with E-state index in [9.17, 15) is 14.0 Å². The van der Waals surface area contributed by atoms with E-state index < -0.39 is 17.8 Å². The van der Waals surface area contributed by atoms with E-state index >= 15 is 0 Å². The summed E-state index contributed by atoms with van der Waals surface area (Å²) in [6, 6.07) is 21.2. The second-order valence-electron chi connectivity index (χ2n) is 8.52. The number of carboxylic acids is 1. The second-order valence-corrected chi connectivity index (χ2v) is 8.52. The van der Waals surface area contributed by atoms with Crippen LogP contribution in [0.1, 0.15) is 25.0 Å². The Morgan fingerprint density at radius 2 is 1.49 bits per heavy atom. The molecule has 4 aromatic rings. The lowest BCUT2D eigenvalue weighted by Crippen LogP contribution is -2.08. The first kappa shape index (κ1) is 25.3. The zero-order valence-electron chi connectivity index (χ0n) is 20.3. The molecule has 0 spiro atoms. The van der Waals surface area contributed by atoms with Crippen molar-refractivity contribution in [2.75, 3.05) is 0 Å². The predicted molar refractivity (Wildman–Crippen MR) is 142 cm³/mol. The van der Waals surface area contributed by atoms with E-state index in [2.05, 4.69) is 4.98 Å². The summed E-state index contributed by atoms with van der Waals surface area (Å²) in [7, 11) is 0. The third-order valence-electron chi connectivity index (χ3n) is 5.40. The van der Waals surface area contributed by atoms with Gasteiger partial charge in [-0.25, -0.2) is 19.0 Å². The lowest BCUT2D eigenvalue weighted by molar-refractivity contribution is -0.141. The molecule has 1 heterocycles. The van der Waals surface area contributed by atoms with Crippen LogP contribution in [0.3, 0.4) is 0 Å². The molecule has 1 aromatic heterocycles. The summed E-state index contributed by atoms with van der Waals surface area (Å²) >= 11 is 0. The number of carboxylic acid groups (broad SMARTS) is 1. The number of aliphatic carboxylic acids is 1. The predicted octanol–water partition coefficient (Wildman–Crippen LogP) is 6.61. The molecule has 0 bridgehead atoms. The van der Waals surface area contributed by atoms with E-state index in [0.29, 0.717) is 22.8 Å². The summed E-state index contributed by atoms with van der Waals surface area (Å²) in [6.07, 6.45) is 5.45. The van der Waals surface area contributed by atoms with Crippen molar-refractivity contribution in [3.63, 3.8) is 0 Å². The summed E-state index contributed by atoms with van der Waals surface area (Å²) in [5, 5.41) is 8.86. The Bertz CT molecular complexity index is 1470. The van der Waals surface area contributed by atoms with Crippen molar-refractivity contribution in [3.05, 3.63) is 102 Å². The molecular weight excluding hydrogens is 471 g/mol. The number of imidazole rings is 1. The van der Waals surface area contributed by atoms with Crippen LogP contribution in [0.2, 0.25) is 0 Å². The summed E-state index contributed by atoms with van der Waals surface area (Å²) in [5.41, 5.74) is 4.81. The van der Waals surface area contributed by atoms with E-state index in [4.69, 9.17) is 14.8 Å². The standard InChI is InChI=1S/C30H25FN2O4/c1-19(2)37-27(36)18-12-21-9-15-23(16-10-21)29-28(22-13-7-20(8-14-22)11-17-26(34)35)32-30(33-29)24-5-3-4-6-25(24)31/h3-19H,1-2H3,(H,32,33)(H,34,35). The largest absolute Gasteiger partial charge is 0.478 e. The third-order valence-corrected chi connectivity index (χ3v) is 5.40. The van der Waals surface area contributed by atoms with Gasteiger partial charge in [-0.1, -0.05) is 60.7 Å². The Kier molecular flexibility index (Phi) is 7.74. The van der Waals surface area contributed by atoms with Crippen LogP contribution < -0.4 is 0 Å². The molecule has 0 radical (unpaired) electrons. The van der Waals surface area contributed by atoms with E-state index in [-0.39, 0.29) is 6.10 Å². The van der Waals surface area contributed by atoms with E-state index in [0.717, 1.165) is 28.3 Å². The molecule has 2 N–H and O–H groups in total. The van der Waals surface area contributed by atoms with E-state index in [1.165, 1.54) is 18.2 Å². The van der Waals surface area contributed by atoms with Crippen molar-refractivity contribution in [1.29, 1.82) is 0 Å². The molecule has 0 saturated heterocycles. The van der Waals surface area contributed by atoms with Gasteiger partial charge < -0.3 is 14.8 Å². The number of nitrogens with one attached hydrogen (secondary N) is 1. The second kappa shape index (κ2) is 11.3. The fraction of sp³-hybridized carbons (Fsp3) is 0.100. The smallest absolute Gasteiger partial charge is 0.331 e. The Morgan fingerprint density at radius 3 is 2.08 bits per heavy atom. The number of aromatic nitrogens is 2. The fourth-order valence-corrected chi connectivity index (χ4v) is 3.69. The van der Waals surface area contributed by atoms with Crippen LogP contribution in [0.4, 0.5) is 4.39 Å². The molecule has 3 aromatic carbocycles. The number of halogens is 1. The van der Waals surface area contributed by atoms with Crippen molar-refractivity contribution in [1.82, 2.24) is 9.97 Å². The molecule has 4 rings (SSSR count). The molecule has 0 unspecified atom stereocenters. The Morgan fingerprint density at radius 1 is 0.892 bits per heavy atom. The number of rotatable bonds is 8. The Labute approximate surface area is 213 Å². The highest BCUT2D eigenvalue weighted by atomic mass is 19.1. The van der Waals surface area contributed by atoms with Crippen LogP contribution in [-0.4, -0.2) is 33.1 Å². The van der Waals surface area contributed by atoms with Gasteiger partial charge in [-0.15, -0.1) is 0 Å². The molecule has 0 aliphatic rings. The minimum absolute atomic E-state index is 0.191. The molecule has 0 aliphatic heterocycles. The summed E-state index contributed by atoms with van der Waals surface area (Å²) in [4.78, 5) is 30.6. The number of benzene rings is 3. The first-order chi connectivity index (χ1) is 17.8. The number of hydrogen-bond donors (Lipinski definition) is 2. The first-order valence-electron chi connectivity index (χ1n) is 11.7. The van der Waals surface area contributed by atoms with Crippen LogP contribution >= 0.6 is 0 Å². The number of carbonyl (C=O) groups excluding carboxylic acids is 1. The summed E-state index contributed by atoms with van der Waals surface area (Å²) in [5.74, 6) is -1.44. The van der Waals surface area contributed by atoms with Crippen LogP contribution in [0.15, 0.2) is 84.9 Å². The Hall–Kier alpha value is -4.78. The molecule has 0 amide bonds. The molecule has 37 heavy (non-hydrogen) atoms. The topological polar surface area (TPSA) is 92.3 Å². The van der Waals surface area contributed by atoms with Crippen LogP contribution in [0.25, 0.3) is 46.1 Å². The number of hydrogen-bond acceptors (Lipinski definition) is 4. The highest BCUT2D eigenvalue weighted by Crippen LogP contribution is 2.34. The first-order valence-corrected chi connectivity index (χ1v) is 11.7. The zero-order valence-corrected chi connectivity index (χ0v) is 20.3. The van der Waals surface area contributed by atoms with Crippen molar-refractivity contribution >= 4 is 24.1 Å². The SMILES string of the molecule is CC(C)OC(=O)C=Cc1ccc(-c2[nH]c(-c3ccccc3F)nc2-c2ccc(C=CC(=O)O)cc2)cc1. The fourth-order valence-electron chi connectivity index (χ4n) is 3.69. The van der Waals surface area contributed by atoms with Gasteiger partial charge in [0.05, 0.1) is 23.1 Å². The zero-order chi connectivity index (χ0) is 26.4. The molecule has 0 saturated carbocycles. The van der Waals surface area contributed by atoms with Gasteiger partial charge in [-0.3, -0.25) is 0 Å². The van der Waals surface area contributed by atoms with Crippen LogP contribution in [0, 0.1) is 5.82 Å². The molecule has 0 fully saturated rings. The van der Waals surface area contributed by atoms with Crippen LogP contribution in [0.5, 0.6) is 0 Å². The number of carbonyl (C=O) groups is 2. The number of ether oxygens (including phenoxy) is 1. The van der Waals surface area contributed by atoms with Crippen molar-refractivity contribution in [3.8, 4) is 33.9 Å². The Balaban J connectivity index is 1.71. The maximum absolute atomic E-state index is 14.5. The minimum Gasteiger partial charge on any atom is -0.478 e. The van der Waals surface area contributed by atoms with Crippen molar-refractivity contribution < 1.29 is 23.8 Å². The lowest BCUT2D eigenvalue weighted by atomic mass is 10.0. The van der Waals surface area contributed by atoms with E-state index in [1.807, 2.05) is 36.4 Å². The van der Waals surface area contributed by atoms with Gasteiger partial charge in [0.2, 0.25) is 0 Å². The van der Waals surface area contributed by atoms with Crippen LogP contribution in [-0.2, 0) is 14.3 Å². The molecule has 0 atom stereocenters. The lowest BCUT2D eigenvalue weighted by Gasteiger charge is -2.05. The highest BCUT2D eigenvalue weighted by molar-refractivity contribution is 5.88. The molecule has 6 nitrogen and oxygen atoms in total.